The molecule has 4 nitrogen and oxygen atoms in total. The highest BCUT2D eigenvalue weighted by atomic mass is 19.4. The van der Waals surface area contributed by atoms with Crippen LogP contribution in [0.25, 0.3) is 0 Å². The predicted octanol–water partition coefficient (Wildman–Crippen LogP) is 3.64. The van der Waals surface area contributed by atoms with E-state index in [0.717, 1.165) is 11.3 Å². The summed E-state index contributed by atoms with van der Waals surface area (Å²) < 4.78 is 45.7. The van der Waals surface area contributed by atoms with Gasteiger partial charge in [0.25, 0.3) is 0 Å². The maximum atomic E-state index is 12.0. The van der Waals surface area contributed by atoms with Crippen LogP contribution in [0.2, 0.25) is 0 Å². The van der Waals surface area contributed by atoms with Gasteiger partial charge in [-0.05, 0) is 23.8 Å². The summed E-state index contributed by atoms with van der Waals surface area (Å²) in [5, 5.41) is 3.12. The molecule has 0 spiro atoms. The quantitative estimate of drug-likeness (QED) is 0.884. The number of hydrogen-bond donors (Lipinski definition) is 1. The van der Waals surface area contributed by atoms with Gasteiger partial charge in [-0.1, -0.05) is 12.1 Å². The first-order valence-electron chi connectivity index (χ1n) is 6.49. The molecule has 1 aromatic carbocycles. The van der Waals surface area contributed by atoms with Crippen molar-refractivity contribution in [1.29, 1.82) is 0 Å². The third-order valence-corrected chi connectivity index (χ3v) is 2.75. The number of nitrogens with zero attached hydrogens (tertiary/aromatic N) is 1. The van der Waals surface area contributed by atoms with Crippen LogP contribution < -0.4 is 14.8 Å². The lowest BCUT2D eigenvalue weighted by atomic mass is 10.2. The van der Waals surface area contributed by atoms with Crippen molar-refractivity contribution in [2.45, 2.75) is 12.7 Å². The maximum Gasteiger partial charge on any atom is 0.422 e. The number of methoxy groups -OCH3 is 1. The molecular weight excluding hydrogens is 297 g/mol. The summed E-state index contributed by atoms with van der Waals surface area (Å²) in [5.41, 5.74) is 1.69. The first kappa shape index (κ1) is 15.9. The van der Waals surface area contributed by atoms with E-state index in [0.29, 0.717) is 12.2 Å². The SMILES string of the molecule is COc1cccc(CNc2ccc(OCC(F)(F)F)nc2)c1. The molecule has 0 aliphatic carbocycles. The Hall–Kier alpha value is -2.44. The Bertz CT molecular complexity index is 600. The molecule has 0 saturated carbocycles. The number of hydrogen-bond acceptors (Lipinski definition) is 4. The molecule has 0 aliphatic rings. The van der Waals surface area contributed by atoms with E-state index in [1.165, 1.54) is 12.3 Å². The van der Waals surface area contributed by atoms with Gasteiger partial charge in [0.05, 0.1) is 19.0 Å². The van der Waals surface area contributed by atoms with E-state index in [1.807, 2.05) is 24.3 Å². The number of pyridine rings is 1. The van der Waals surface area contributed by atoms with Gasteiger partial charge >= 0.3 is 6.18 Å². The Morgan fingerprint density at radius 2 is 2.00 bits per heavy atom. The first-order valence-corrected chi connectivity index (χ1v) is 6.49. The van der Waals surface area contributed by atoms with Gasteiger partial charge in [-0.15, -0.1) is 0 Å². The number of alkyl halides is 3. The zero-order valence-electron chi connectivity index (χ0n) is 11.9. The molecule has 1 aromatic heterocycles. The van der Waals surface area contributed by atoms with Crippen LogP contribution in [0, 0.1) is 0 Å². The molecule has 0 bridgehead atoms. The highest BCUT2D eigenvalue weighted by Gasteiger charge is 2.28. The number of rotatable bonds is 6. The second kappa shape index (κ2) is 7.02. The van der Waals surface area contributed by atoms with Crippen LogP contribution >= 0.6 is 0 Å². The molecule has 0 saturated heterocycles. The van der Waals surface area contributed by atoms with Gasteiger partial charge in [0.2, 0.25) is 5.88 Å². The minimum absolute atomic E-state index is 0.0655. The summed E-state index contributed by atoms with van der Waals surface area (Å²) in [5.74, 6) is 0.692. The zero-order valence-corrected chi connectivity index (χ0v) is 11.9. The normalized spacial score (nSPS) is 11.1. The number of nitrogens with one attached hydrogen (secondary N) is 1. The fourth-order valence-electron chi connectivity index (χ4n) is 1.71. The molecule has 2 aromatic rings. The molecule has 0 aliphatic heterocycles. The van der Waals surface area contributed by atoms with Crippen LogP contribution in [0.1, 0.15) is 5.56 Å². The van der Waals surface area contributed by atoms with Crippen LogP contribution in [0.4, 0.5) is 18.9 Å². The van der Waals surface area contributed by atoms with Gasteiger partial charge in [-0.2, -0.15) is 13.2 Å². The van der Waals surface area contributed by atoms with Gasteiger partial charge < -0.3 is 14.8 Å². The summed E-state index contributed by atoms with van der Waals surface area (Å²) in [6.07, 6.45) is -2.95. The minimum atomic E-state index is -4.37. The smallest absolute Gasteiger partial charge is 0.422 e. The summed E-state index contributed by atoms with van der Waals surface area (Å²) >= 11 is 0. The second-order valence-corrected chi connectivity index (χ2v) is 4.49. The number of anilines is 1. The van der Waals surface area contributed by atoms with Crippen LogP contribution in [-0.4, -0.2) is 24.9 Å². The largest absolute Gasteiger partial charge is 0.497 e. The van der Waals surface area contributed by atoms with Gasteiger partial charge in [-0.25, -0.2) is 4.98 Å². The lowest BCUT2D eigenvalue weighted by Crippen LogP contribution is -2.19. The van der Waals surface area contributed by atoms with Crippen molar-refractivity contribution in [1.82, 2.24) is 4.98 Å². The average molecular weight is 312 g/mol. The Balaban J connectivity index is 1.88. The predicted molar refractivity (Wildman–Crippen MR) is 76.1 cm³/mol. The van der Waals surface area contributed by atoms with Crippen molar-refractivity contribution >= 4 is 5.69 Å². The van der Waals surface area contributed by atoms with Crippen LogP contribution in [-0.2, 0) is 6.54 Å². The molecule has 0 atom stereocenters. The highest BCUT2D eigenvalue weighted by Crippen LogP contribution is 2.19. The van der Waals surface area contributed by atoms with Crippen LogP contribution in [0.15, 0.2) is 42.6 Å². The van der Waals surface area contributed by atoms with Crippen molar-refractivity contribution in [3.63, 3.8) is 0 Å². The topological polar surface area (TPSA) is 43.4 Å². The molecule has 0 unspecified atom stereocenters. The fraction of sp³-hybridized carbons (Fsp3) is 0.267. The number of ether oxygens (including phenoxy) is 2. The molecule has 118 valence electrons. The van der Waals surface area contributed by atoms with Gasteiger partial charge in [0, 0.05) is 12.6 Å². The van der Waals surface area contributed by atoms with Gasteiger partial charge in [0.15, 0.2) is 6.61 Å². The molecule has 0 fully saturated rings. The Kier molecular flexibility index (Phi) is 5.08. The lowest BCUT2D eigenvalue weighted by molar-refractivity contribution is -0.154. The molecule has 7 heteroatoms. The lowest BCUT2D eigenvalue weighted by Gasteiger charge is -2.10. The molecular formula is C15H15F3N2O2. The highest BCUT2D eigenvalue weighted by molar-refractivity contribution is 5.43. The standard InChI is InChI=1S/C15H15F3N2O2/c1-21-13-4-2-3-11(7-13)8-19-12-5-6-14(20-9-12)22-10-15(16,17)18/h2-7,9,19H,8,10H2,1H3. The van der Waals surface area contributed by atoms with E-state index in [2.05, 4.69) is 15.0 Å². The van der Waals surface area contributed by atoms with Gasteiger partial charge in [-0.3, -0.25) is 0 Å². The Morgan fingerprint density at radius 3 is 2.64 bits per heavy atom. The molecule has 1 N–H and O–H groups in total. The summed E-state index contributed by atoms with van der Waals surface area (Å²) in [4.78, 5) is 3.82. The summed E-state index contributed by atoms with van der Waals surface area (Å²) in [6.45, 7) is -0.807. The van der Waals surface area contributed by atoms with E-state index in [-0.39, 0.29) is 5.88 Å². The third kappa shape index (κ3) is 5.16. The van der Waals surface area contributed by atoms with Crippen molar-refractivity contribution in [2.75, 3.05) is 19.0 Å². The van der Waals surface area contributed by atoms with Gasteiger partial charge in [0.1, 0.15) is 5.75 Å². The third-order valence-electron chi connectivity index (χ3n) is 2.75. The van der Waals surface area contributed by atoms with E-state index in [9.17, 15) is 13.2 Å². The molecule has 0 radical (unpaired) electrons. The number of aromatic nitrogens is 1. The van der Waals surface area contributed by atoms with Crippen molar-refractivity contribution in [3.05, 3.63) is 48.2 Å². The number of benzene rings is 1. The van der Waals surface area contributed by atoms with Crippen molar-refractivity contribution < 1.29 is 22.6 Å². The number of halogens is 3. The maximum absolute atomic E-state index is 12.0. The van der Waals surface area contributed by atoms with Crippen molar-refractivity contribution in [3.8, 4) is 11.6 Å². The van der Waals surface area contributed by atoms with E-state index in [1.54, 1.807) is 13.2 Å². The summed E-state index contributed by atoms with van der Waals surface area (Å²) in [7, 11) is 1.59. The molecule has 0 amide bonds. The van der Waals surface area contributed by atoms with Crippen LogP contribution in [0.5, 0.6) is 11.6 Å². The van der Waals surface area contributed by atoms with E-state index in [4.69, 9.17) is 4.74 Å². The zero-order chi connectivity index (χ0) is 16.0. The Morgan fingerprint density at radius 1 is 1.18 bits per heavy atom. The molecule has 2 rings (SSSR count). The summed E-state index contributed by atoms with van der Waals surface area (Å²) in [6, 6.07) is 10.5. The van der Waals surface area contributed by atoms with Crippen LogP contribution in [0.3, 0.4) is 0 Å². The van der Waals surface area contributed by atoms with Crippen molar-refractivity contribution in [2.24, 2.45) is 0 Å². The fourth-order valence-corrected chi connectivity index (χ4v) is 1.71. The average Bonchev–Trinajstić information content (AvgIpc) is 2.51. The second-order valence-electron chi connectivity index (χ2n) is 4.49. The minimum Gasteiger partial charge on any atom is -0.497 e. The molecule has 1 heterocycles. The van der Waals surface area contributed by atoms with E-state index < -0.39 is 12.8 Å². The Labute approximate surface area is 125 Å². The molecule has 22 heavy (non-hydrogen) atoms. The first-order chi connectivity index (χ1) is 10.5. The van der Waals surface area contributed by atoms with E-state index >= 15 is 0 Å². The monoisotopic (exact) mass is 312 g/mol.